The van der Waals surface area contributed by atoms with E-state index in [1.807, 2.05) is 36.5 Å². The molecule has 124 heavy (non-hydrogen) atoms. The van der Waals surface area contributed by atoms with Gasteiger partial charge in [-0.1, -0.05) is 303 Å². The smallest absolute Gasteiger partial charge is 0.235 e. The van der Waals surface area contributed by atoms with E-state index in [1.165, 1.54) is 92.2 Å². The van der Waals surface area contributed by atoms with Crippen LogP contribution in [0, 0.1) is 0 Å². The fourth-order valence-corrected chi connectivity index (χ4v) is 20.1. The summed E-state index contributed by atoms with van der Waals surface area (Å²) < 4.78 is 14.1. The minimum atomic E-state index is 0.639. The summed E-state index contributed by atoms with van der Waals surface area (Å²) in [5, 5.41) is 17.0. The quantitative estimate of drug-likeness (QED) is 0.143. The Hall–Kier alpha value is -17.0. The highest BCUT2D eigenvalue weighted by molar-refractivity contribution is 6.33. The molecule has 0 spiro atoms. The molecule has 0 N–H and O–H groups in total. The summed E-state index contributed by atoms with van der Waals surface area (Å²) in [6, 6.07) is 144. The van der Waals surface area contributed by atoms with Crippen LogP contribution in [-0.4, -0.2) is 56.8 Å². The molecule has 12 nitrogen and oxygen atoms in total. The second kappa shape index (κ2) is 27.3. The molecule has 0 saturated carbocycles. The minimum Gasteiger partial charge on any atom is -0.309 e. The van der Waals surface area contributed by atoms with Gasteiger partial charge in [-0.15, -0.1) is 0 Å². The molecule has 0 unspecified atom stereocenters. The lowest BCUT2D eigenvalue weighted by atomic mass is 10.0. The molecule has 28 rings (SSSR count). The van der Waals surface area contributed by atoms with Crippen molar-refractivity contribution >= 4 is 158 Å². The van der Waals surface area contributed by atoms with Gasteiger partial charge in [-0.25, -0.2) is 29.9 Å². The third kappa shape index (κ3) is 10.3. The van der Waals surface area contributed by atoms with E-state index in [1.54, 1.807) is 0 Å². The van der Waals surface area contributed by atoms with Crippen molar-refractivity contribution < 1.29 is 0 Å². The molecule has 11 heterocycles. The average molecular weight is 1580 g/mol. The molecule has 11 aromatic heterocycles. The molecule has 0 aliphatic rings. The zero-order valence-corrected chi connectivity index (χ0v) is 66.6. The first-order valence-corrected chi connectivity index (χ1v) is 42.0. The molecular weight excluding hydrogens is 1510 g/mol. The van der Waals surface area contributed by atoms with Crippen molar-refractivity contribution in [3.63, 3.8) is 0 Å². The van der Waals surface area contributed by atoms with E-state index >= 15 is 0 Å². The number of nitrogens with zero attached hydrogens (tertiary/aromatic N) is 12. The number of fused-ring (bicyclic) bond motifs is 10. The van der Waals surface area contributed by atoms with Gasteiger partial charge in [0, 0.05) is 88.2 Å². The maximum atomic E-state index is 5.31. The fourth-order valence-electron chi connectivity index (χ4n) is 20.1. The summed E-state index contributed by atoms with van der Waals surface area (Å²) in [4.78, 5) is 31.0. The van der Waals surface area contributed by atoms with Crippen molar-refractivity contribution in [2.45, 2.75) is 0 Å². The van der Waals surface area contributed by atoms with Crippen molar-refractivity contribution in [1.82, 2.24) is 56.8 Å². The Morgan fingerprint density at radius 2 is 0.556 bits per heavy atom. The Morgan fingerprint density at radius 3 is 1.06 bits per heavy atom. The number of pyridine rings is 1. The van der Waals surface area contributed by atoms with Gasteiger partial charge in [0.2, 0.25) is 5.95 Å². The molecule has 0 amide bonds. The highest BCUT2D eigenvalue weighted by atomic mass is 15.2. The van der Waals surface area contributed by atoms with E-state index in [-0.39, 0.29) is 0 Å². The van der Waals surface area contributed by atoms with Gasteiger partial charge in [0.1, 0.15) is 23.3 Å². The van der Waals surface area contributed by atoms with Crippen LogP contribution in [0.1, 0.15) is 0 Å². The third-order valence-corrected chi connectivity index (χ3v) is 25.3. The third-order valence-electron chi connectivity index (χ3n) is 25.3. The molecule has 0 radical (unpaired) electrons. The average Bonchev–Trinajstić information content (AvgIpc) is 1.81. The summed E-state index contributed by atoms with van der Waals surface area (Å²) >= 11 is 0. The zero-order chi connectivity index (χ0) is 81.2. The molecule has 0 bridgehead atoms. The first-order valence-electron chi connectivity index (χ1n) is 42.0. The van der Waals surface area contributed by atoms with Gasteiger partial charge < -0.3 is 4.57 Å². The first kappa shape index (κ1) is 69.0. The number of imidazole rings is 3. The largest absolute Gasteiger partial charge is 0.309 e. The Bertz CT molecular complexity index is 9040. The van der Waals surface area contributed by atoms with Crippen LogP contribution in [0.25, 0.3) is 243 Å². The van der Waals surface area contributed by atoms with Gasteiger partial charge >= 0.3 is 0 Å². The second-order valence-corrected chi connectivity index (χ2v) is 32.0. The van der Waals surface area contributed by atoms with Crippen LogP contribution < -0.4 is 0 Å². The molecule has 17 aromatic carbocycles. The normalized spacial score (nSPS) is 12.0. The molecular formula is C112H68N12. The molecule has 0 saturated heterocycles. The van der Waals surface area contributed by atoms with E-state index in [0.29, 0.717) is 5.95 Å². The molecule has 0 fully saturated rings. The number of aromatic nitrogens is 12. The SMILES string of the molecule is c1ccc(-c2cc(-c3ccccc3)nc(-n3c4cccc5c6ccccc6n6c(-c7ccccc7)nc7ccc3c(c54)c76)n2)cc1.c1ccc(-c2cccc(-n3c4cccc5c6ccccc6n6c(-c7ccccc7)nc7ccc3c(c54)c76)c2)cc1.c1ccc(-n2c3cccc4c5ccccc5n5c(-c6cccc7ccccc67)nc6ccc2c(c43)c65)nc1. The lowest BCUT2D eigenvalue weighted by Gasteiger charge is -2.12. The summed E-state index contributed by atoms with van der Waals surface area (Å²) in [6.45, 7) is 0. The van der Waals surface area contributed by atoms with Crippen LogP contribution in [0.2, 0.25) is 0 Å². The molecule has 12 heteroatoms. The van der Waals surface area contributed by atoms with Gasteiger partial charge in [-0.05, 0) is 141 Å². The van der Waals surface area contributed by atoms with Gasteiger partial charge in [-0.2, -0.15) is 0 Å². The Labute approximate surface area is 708 Å². The first-order chi connectivity index (χ1) is 61.6. The van der Waals surface area contributed by atoms with Gasteiger partial charge in [0.05, 0.1) is 94.1 Å². The van der Waals surface area contributed by atoms with Gasteiger partial charge in [-0.3, -0.25) is 22.3 Å². The van der Waals surface area contributed by atoms with E-state index in [4.69, 9.17) is 29.9 Å². The van der Waals surface area contributed by atoms with Crippen molar-refractivity contribution in [3.8, 4) is 85.3 Å². The summed E-state index contributed by atoms with van der Waals surface area (Å²) in [5.74, 6) is 4.41. The van der Waals surface area contributed by atoms with E-state index < -0.39 is 0 Å². The van der Waals surface area contributed by atoms with Gasteiger partial charge in [0.15, 0.2) is 0 Å². The van der Waals surface area contributed by atoms with Crippen LogP contribution in [0.3, 0.4) is 0 Å². The molecule has 28 aromatic rings. The zero-order valence-electron chi connectivity index (χ0n) is 66.6. The van der Waals surface area contributed by atoms with Crippen LogP contribution in [0.15, 0.2) is 413 Å². The van der Waals surface area contributed by atoms with Crippen LogP contribution in [0.4, 0.5) is 0 Å². The van der Waals surface area contributed by atoms with Crippen molar-refractivity contribution in [1.29, 1.82) is 0 Å². The molecule has 0 atom stereocenters. The lowest BCUT2D eigenvalue weighted by Crippen LogP contribution is -2.04. The van der Waals surface area contributed by atoms with Crippen LogP contribution in [0.5, 0.6) is 0 Å². The predicted octanol–water partition coefficient (Wildman–Crippen LogP) is 27.9. The van der Waals surface area contributed by atoms with Gasteiger partial charge in [0.25, 0.3) is 0 Å². The Kier molecular flexibility index (Phi) is 15.2. The molecule has 0 aliphatic carbocycles. The highest BCUT2D eigenvalue weighted by Gasteiger charge is 2.30. The minimum absolute atomic E-state index is 0.639. The monoisotopic (exact) mass is 1580 g/mol. The maximum Gasteiger partial charge on any atom is 0.235 e. The number of hydrogen-bond donors (Lipinski definition) is 0. The van der Waals surface area contributed by atoms with Crippen molar-refractivity contribution in [3.05, 3.63) is 413 Å². The lowest BCUT2D eigenvalue weighted by molar-refractivity contribution is 0.996. The number of rotatable bonds is 9. The number of hydrogen-bond acceptors (Lipinski definition) is 6. The standard InChI is InChI=1S/C41H25N5.C37H23N3.C34H20N4/c1-4-13-26(14-5-1)32-25-33(27-15-6-2-7-16-27)44-41(43-32)45-35-22-12-20-30-29-19-10-11-21-34(29)46-39-31(23-24-36(45)38(39)37(30)35)42-40(46)28-17-8-3-9-18-28;1-3-11-24(12-4-1)26-15-9-16-27(23-26)39-32-20-10-18-29-28-17-7-8-19-31(28)40-36-30(21-22-33(39)35(36)34(29)32)38-37(40)25-13-5-2-6-14-25;1-2-11-22-21(9-1)10-7-14-25(22)34-36-26-18-19-29-32-31-24(23-12-3-4-15-27(23)38(34)33(26)32)13-8-16-28(31)37(29)30-17-5-6-20-35-30/h1-25H;1-23H;1-20H. The van der Waals surface area contributed by atoms with Crippen molar-refractivity contribution in [2.24, 2.45) is 0 Å². The Balaban J connectivity index is 0.0000001000. The molecule has 0 aliphatic heterocycles. The topological polar surface area (TPSA) is 105 Å². The Morgan fingerprint density at radius 1 is 0.202 bits per heavy atom. The number of benzene rings is 17. The van der Waals surface area contributed by atoms with Crippen LogP contribution in [-0.2, 0) is 0 Å². The van der Waals surface area contributed by atoms with E-state index in [2.05, 4.69) is 403 Å². The predicted molar refractivity (Wildman–Crippen MR) is 511 cm³/mol. The number of para-hydroxylation sites is 3. The van der Waals surface area contributed by atoms with E-state index in [0.717, 1.165) is 145 Å². The van der Waals surface area contributed by atoms with Crippen molar-refractivity contribution in [2.75, 3.05) is 0 Å². The van der Waals surface area contributed by atoms with Crippen LogP contribution >= 0.6 is 0 Å². The maximum absolute atomic E-state index is 5.31. The molecule has 576 valence electrons. The summed E-state index contributed by atoms with van der Waals surface area (Å²) in [5.41, 5.74) is 27.4. The fraction of sp³-hybridized carbons (Fsp3) is 0. The highest BCUT2D eigenvalue weighted by Crippen LogP contribution is 2.49. The van der Waals surface area contributed by atoms with E-state index in [9.17, 15) is 0 Å². The summed E-state index contributed by atoms with van der Waals surface area (Å²) in [7, 11) is 0. The second-order valence-electron chi connectivity index (χ2n) is 32.0. The summed E-state index contributed by atoms with van der Waals surface area (Å²) in [6.07, 6.45) is 1.86.